The second kappa shape index (κ2) is 25.2. The van der Waals surface area contributed by atoms with Crippen molar-refractivity contribution < 1.29 is 19.1 Å². The maximum Gasteiger partial charge on any atom is 0.305 e. The van der Waals surface area contributed by atoms with Gasteiger partial charge in [-0.2, -0.15) is 0 Å². The van der Waals surface area contributed by atoms with Crippen LogP contribution in [-0.2, 0) is 19.1 Å². The molecule has 0 saturated carbocycles. The summed E-state index contributed by atoms with van der Waals surface area (Å²) in [7, 11) is 0. The summed E-state index contributed by atoms with van der Waals surface area (Å²) in [6.45, 7) is 5.44. The van der Waals surface area contributed by atoms with Crippen LogP contribution in [0.5, 0.6) is 0 Å². The standard InChI is InChI=1S/C27H52O4/c1-3-5-7-9-10-11-12-13-14-15-16-17-18-20-25-31-27(29)23-21-22-26(28)30-24-19-8-6-4-2/h3-25H2,1-2H3. The summed E-state index contributed by atoms with van der Waals surface area (Å²) >= 11 is 0. The Balaban J connectivity index is 3.24. The molecule has 0 radical (unpaired) electrons. The van der Waals surface area contributed by atoms with Crippen LogP contribution in [0.25, 0.3) is 0 Å². The lowest BCUT2D eigenvalue weighted by molar-refractivity contribution is -0.145. The van der Waals surface area contributed by atoms with Gasteiger partial charge in [-0.05, 0) is 19.3 Å². The molecule has 0 unspecified atom stereocenters. The lowest BCUT2D eigenvalue weighted by Crippen LogP contribution is -2.09. The zero-order chi connectivity index (χ0) is 22.8. The van der Waals surface area contributed by atoms with Gasteiger partial charge in [0.2, 0.25) is 0 Å². The number of unbranched alkanes of at least 4 members (excludes halogenated alkanes) is 16. The average Bonchev–Trinajstić information content (AvgIpc) is 2.76. The van der Waals surface area contributed by atoms with Crippen molar-refractivity contribution in [3.8, 4) is 0 Å². The first kappa shape index (κ1) is 29.9. The second-order valence-electron chi connectivity index (χ2n) is 8.95. The molecular weight excluding hydrogens is 388 g/mol. The van der Waals surface area contributed by atoms with Crippen LogP contribution in [0.4, 0.5) is 0 Å². The van der Waals surface area contributed by atoms with E-state index in [1.54, 1.807) is 0 Å². The summed E-state index contributed by atoms with van der Waals surface area (Å²) < 4.78 is 10.4. The van der Waals surface area contributed by atoms with Gasteiger partial charge in [-0.15, -0.1) is 0 Å². The molecule has 0 atom stereocenters. The molecule has 0 aromatic heterocycles. The van der Waals surface area contributed by atoms with Crippen molar-refractivity contribution in [3.05, 3.63) is 0 Å². The van der Waals surface area contributed by atoms with Crippen LogP contribution in [0.15, 0.2) is 0 Å². The van der Waals surface area contributed by atoms with Gasteiger partial charge in [-0.25, -0.2) is 0 Å². The Kier molecular flexibility index (Phi) is 24.3. The number of hydrogen-bond donors (Lipinski definition) is 0. The molecule has 0 N–H and O–H groups in total. The highest BCUT2D eigenvalue weighted by atomic mass is 16.5. The Bertz CT molecular complexity index is 395. The average molecular weight is 441 g/mol. The quantitative estimate of drug-likeness (QED) is 0.112. The molecule has 0 saturated heterocycles. The smallest absolute Gasteiger partial charge is 0.305 e. The molecule has 184 valence electrons. The number of hydrogen-bond acceptors (Lipinski definition) is 4. The number of ether oxygens (including phenoxy) is 2. The fraction of sp³-hybridized carbons (Fsp3) is 0.926. The van der Waals surface area contributed by atoms with Crippen LogP contribution in [-0.4, -0.2) is 25.2 Å². The minimum atomic E-state index is -0.198. The lowest BCUT2D eigenvalue weighted by atomic mass is 10.0. The van der Waals surface area contributed by atoms with Crippen molar-refractivity contribution in [2.24, 2.45) is 0 Å². The van der Waals surface area contributed by atoms with Crippen molar-refractivity contribution in [2.75, 3.05) is 13.2 Å². The van der Waals surface area contributed by atoms with E-state index in [-0.39, 0.29) is 11.9 Å². The van der Waals surface area contributed by atoms with Gasteiger partial charge in [0.15, 0.2) is 0 Å². The van der Waals surface area contributed by atoms with Gasteiger partial charge in [-0.1, -0.05) is 117 Å². The van der Waals surface area contributed by atoms with Crippen LogP contribution in [0.2, 0.25) is 0 Å². The van der Waals surface area contributed by atoms with Gasteiger partial charge in [0.05, 0.1) is 13.2 Å². The summed E-state index contributed by atoms with van der Waals surface area (Å²) in [6.07, 6.45) is 24.0. The van der Waals surface area contributed by atoms with E-state index >= 15 is 0 Å². The lowest BCUT2D eigenvalue weighted by Gasteiger charge is -2.06. The molecule has 0 aliphatic heterocycles. The predicted octanol–water partition coefficient (Wildman–Crippen LogP) is 8.30. The van der Waals surface area contributed by atoms with Crippen molar-refractivity contribution in [1.82, 2.24) is 0 Å². The molecule has 4 heteroatoms. The summed E-state index contributed by atoms with van der Waals surface area (Å²) in [5, 5.41) is 0. The van der Waals surface area contributed by atoms with Gasteiger partial charge in [-0.3, -0.25) is 9.59 Å². The summed E-state index contributed by atoms with van der Waals surface area (Å²) in [5.41, 5.74) is 0. The maximum atomic E-state index is 11.7. The predicted molar refractivity (Wildman–Crippen MR) is 130 cm³/mol. The van der Waals surface area contributed by atoms with E-state index in [9.17, 15) is 9.59 Å². The van der Waals surface area contributed by atoms with E-state index in [0.717, 1.165) is 25.7 Å². The van der Waals surface area contributed by atoms with Crippen LogP contribution in [0, 0.1) is 0 Å². The van der Waals surface area contributed by atoms with E-state index in [1.165, 1.54) is 89.9 Å². The van der Waals surface area contributed by atoms with E-state index in [4.69, 9.17) is 9.47 Å². The zero-order valence-corrected chi connectivity index (χ0v) is 20.9. The minimum absolute atomic E-state index is 0.189. The molecule has 0 aliphatic rings. The van der Waals surface area contributed by atoms with E-state index < -0.39 is 0 Å². The molecule has 0 amide bonds. The third-order valence-electron chi connectivity index (χ3n) is 5.78. The highest BCUT2D eigenvalue weighted by molar-refractivity contribution is 5.72. The van der Waals surface area contributed by atoms with Crippen molar-refractivity contribution in [1.29, 1.82) is 0 Å². The van der Waals surface area contributed by atoms with Gasteiger partial charge in [0, 0.05) is 12.8 Å². The third kappa shape index (κ3) is 25.1. The Morgan fingerprint density at radius 1 is 0.419 bits per heavy atom. The van der Waals surface area contributed by atoms with Crippen LogP contribution in [0.3, 0.4) is 0 Å². The number of carbonyl (C=O) groups excluding carboxylic acids is 2. The monoisotopic (exact) mass is 440 g/mol. The van der Waals surface area contributed by atoms with Crippen LogP contribution >= 0.6 is 0 Å². The van der Waals surface area contributed by atoms with Gasteiger partial charge < -0.3 is 9.47 Å². The zero-order valence-electron chi connectivity index (χ0n) is 20.9. The van der Waals surface area contributed by atoms with E-state index in [2.05, 4.69) is 13.8 Å². The van der Waals surface area contributed by atoms with E-state index in [0.29, 0.717) is 32.5 Å². The second-order valence-corrected chi connectivity index (χ2v) is 8.95. The maximum absolute atomic E-state index is 11.7. The van der Waals surface area contributed by atoms with Crippen molar-refractivity contribution >= 4 is 11.9 Å². The molecule has 4 nitrogen and oxygen atoms in total. The minimum Gasteiger partial charge on any atom is -0.466 e. The van der Waals surface area contributed by atoms with E-state index in [1.807, 2.05) is 0 Å². The molecule has 0 rings (SSSR count). The normalized spacial score (nSPS) is 10.9. The SMILES string of the molecule is CCCCCCCCCCCCCCCCOC(=O)CCCC(=O)OCCCCCC. The Morgan fingerprint density at radius 2 is 0.710 bits per heavy atom. The third-order valence-corrected chi connectivity index (χ3v) is 5.78. The largest absolute Gasteiger partial charge is 0.466 e. The first-order valence-corrected chi connectivity index (χ1v) is 13.5. The molecule has 31 heavy (non-hydrogen) atoms. The highest BCUT2D eigenvalue weighted by Crippen LogP contribution is 2.13. The molecule has 0 aromatic rings. The van der Waals surface area contributed by atoms with Crippen molar-refractivity contribution in [2.45, 2.75) is 149 Å². The molecule has 0 fully saturated rings. The summed E-state index contributed by atoms with van der Waals surface area (Å²) in [6, 6.07) is 0. The van der Waals surface area contributed by atoms with Gasteiger partial charge >= 0.3 is 11.9 Å². The Labute approximate surface area is 193 Å². The number of esters is 2. The topological polar surface area (TPSA) is 52.6 Å². The summed E-state index contributed by atoms with van der Waals surface area (Å²) in [5.74, 6) is -0.387. The molecule has 0 bridgehead atoms. The number of carbonyl (C=O) groups is 2. The van der Waals surface area contributed by atoms with Gasteiger partial charge in [0.1, 0.15) is 0 Å². The number of rotatable bonds is 24. The molecule has 0 spiro atoms. The van der Waals surface area contributed by atoms with Crippen LogP contribution in [0.1, 0.15) is 149 Å². The molecule has 0 aliphatic carbocycles. The first-order chi connectivity index (χ1) is 15.2. The first-order valence-electron chi connectivity index (χ1n) is 13.5. The molecule has 0 heterocycles. The van der Waals surface area contributed by atoms with Gasteiger partial charge in [0.25, 0.3) is 0 Å². The fourth-order valence-electron chi connectivity index (χ4n) is 3.72. The Hall–Kier alpha value is -1.06. The van der Waals surface area contributed by atoms with Crippen LogP contribution < -0.4 is 0 Å². The molecule has 0 aromatic carbocycles. The Morgan fingerprint density at radius 3 is 1.06 bits per heavy atom. The highest BCUT2D eigenvalue weighted by Gasteiger charge is 2.07. The fourth-order valence-corrected chi connectivity index (χ4v) is 3.72. The molecular formula is C27H52O4. The summed E-state index contributed by atoms with van der Waals surface area (Å²) in [4.78, 5) is 23.3. The van der Waals surface area contributed by atoms with Crippen molar-refractivity contribution in [3.63, 3.8) is 0 Å².